The van der Waals surface area contributed by atoms with Gasteiger partial charge in [0.2, 0.25) is 0 Å². The Kier molecular flexibility index (Phi) is 4.40. The van der Waals surface area contributed by atoms with Crippen LogP contribution in [0.4, 0.5) is 4.39 Å². The zero-order valence-electron chi connectivity index (χ0n) is 10.6. The van der Waals surface area contributed by atoms with Gasteiger partial charge in [-0.25, -0.2) is 4.39 Å². The highest BCUT2D eigenvalue weighted by atomic mass is 35.5. The molecule has 0 aromatic heterocycles. The van der Waals surface area contributed by atoms with Crippen LogP contribution in [0.2, 0.25) is 5.02 Å². The summed E-state index contributed by atoms with van der Waals surface area (Å²) in [7, 11) is 0. The maximum absolute atomic E-state index is 13.1. The lowest BCUT2D eigenvalue weighted by Crippen LogP contribution is -2.17. The summed E-state index contributed by atoms with van der Waals surface area (Å²) in [6.45, 7) is 1.94. The quantitative estimate of drug-likeness (QED) is 0.912. The van der Waals surface area contributed by atoms with Crippen LogP contribution < -0.4 is 10.5 Å². The predicted molar refractivity (Wildman–Crippen MR) is 75.3 cm³/mol. The number of nitrogens with two attached hydrogens (primary N) is 1. The first-order valence-electron chi connectivity index (χ1n) is 6.02. The van der Waals surface area contributed by atoms with E-state index in [0.29, 0.717) is 16.5 Å². The van der Waals surface area contributed by atoms with Gasteiger partial charge >= 0.3 is 0 Å². The molecule has 0 fully saturated rings. The largest absolute Gasteiger partial charge is 0.456 e. The molecule has 0 bridgehead atoms. The number of hydrogen-bond acceptors (Lipinski definition) is 2. The molecule has 2 N–H and O–H groups in total. The summed E-state index contributed by atoms with van der Waals surface area (Å²) in [5.74, 6) is 0.574. The first-order valence-corrected chi connectivity index (χ1v) is 6.40. The Labute approximate surface area is 117 Å². The van der Waals surface area contributed by atoms with E-state index in [0.717, 1.165) is 12.0 Å². The topological polar surface area (TPSA) is 35.2 Å². The van der Waals surface area contributed by atoms with E-state index in [1.54, 1.807) is 18.2 Å². The second-order valence-corrected chi connectivity index (χ2v) is 4.91. The van der Waals surface area contributed by atoms with Crippen molar-refractivity contribution in [1.82, 2.24) is 0 Å². The Morgan fingerprint density at radius 3 is 2.68 bits per heavy atom. The fraction of sp³-hybridized carbons (Fsp3) is 0.200. The van der Waals surface area contributed by atoms with Crippen LogP contribution >= 0.6 is 11.6 Å². The van der Waals surface area contributed by atoms with E-state index < -0.39 is 0 Å². The van der Waals surface area contributed by atoms with Crippen molar-refractivity contribution in [2.24, 2.45) is 5.73 Å². The second kappa shape index (κ2) is 6.04. The highest BCUT2D eigenvalue weighted by Gasteiger charge is 2.06. The molecule has 0 saturated heterocycles. The molecule has 0 heterocycles. The van der Waals surface area contributed by atoms with Gasteiger partial charge in [0.05, 0.1) is 5.02 Å². The molecule has 0 radical (unpaired) electrons. The second-order valence-electron chi connectivity index (χ2n) is 4.51. The van der Waals surface area contributed by atoms with E-state index >= 15 is 0 Å². The van der Waals surface area contributed by atoms with Gasteiger partial charge in [-0.15, -0.1) is 0 Å². The zero-order valence-corrected chi connectivity index (χ0v) is 11.3. The van der Waals surface area contributed by atoms with Crippen molar-refractivity contribution in [3.63, 3.8) is 0 Å². The lowest BCUT2D eigenvalue weighted by molar-refractivity contribution is 0.476. The van der Waals surface area contributed by atoms with Crippen molar-refractivity contribution in [2.75, 3.05) is 0 Å². The van der Waals surface area contributed by atoms with E-state index in [2.05, 4.69) is 0 Å². The Morgan fingerprint density at radius 1 is 1.26 bits per heavy atom. The molecule has 2 rings (SSSR count). The Bertz CT molecular complexity index is 572. The van der Waals surface area contributed by atoms with Gasteiger partial charge in [0.15, 0.2) is 0 Å². The third kappa shape index (κ3) is 3.94. The maximum atomic E-state index is 13.1. The minimum atomic E-state index is -0.345. The molecule has 2 aromatic carbocycles. The highest BCUT2D eigenvalue weighted by Crippen LogP contribution is 2.30. The van der Waals surface area contributed by atoms with E-state index in [1.807, 2.05) is 19.1 Å². The van der Waals surface area contributed by atoms with Crippen LogP contribution in [-0.2, 0) is 6.42 Å². The van der Waals surface area contributed by atoms with Crippen molar-refractivity contribution < 1.29 is 9.13 Å². The van der Waals surface area contributed by atoms with Crippen molar-refractivity contribution in [3.8, 4) is 11.5 Å². The summed E-state index contributed by atoms with van der Waals surface area (Å²) in [6.07, 6.45) is 0.750. The molecule has 1 atom stereocenters. The molecule has 2 nitrogen and oxygen atoms in total. The summed E-state index contributed by atoms with van der Waals surface area (Å²) >= 11 is 6.14. The van der Waals surface area contributed by atoms with Crippen LogP contribution in [0.15, 0.2) is 42.5 Å². The van der Waals surface area contributed by atoms with Gasteiger partial charge in [-0.05, 0) is 43.2 Å². The lowest BCUT2D eigenvalue weighted by Gasteiger charge is -2.10. The molecule has 19 heavy (non-hydrogen) atoms. The van der Waals surface area contributed by atoms with E-state index in [4.69, 9.17) is 22.1 Å². The summed E-state index contributed by atoms with van der Waals surface area (Å²) in [6, 6.07) is 11.5. The maximum Gasteiger partial charge on any atom is 0.146 e. The van der Waals surface area contributed by atoms with Crippen LogP contribution in [0.1, 0.15) is 12.5 Å². The molecule has 0 spiro atoms. The summed E-state index contributed by atoms with van der Waals surface area (Å²) in [5.41, 5.74) is 6.78. The number of rotatable bonds is 4. The fourth-order valence-corrected chi connectivity index (χ4v) is 2.03. The SMILES string of the molecule is CC(N)Cc1ccc(Oc2cccc(F)c2)c(Cl)c1. The number of hydrogen-bond donors (Lipinski definition) is 1. The first-order chi connectivity index (χ1) is 9.04. The van der Waals surface area contributed by atoms with Gasteiger partial charge < -0.3 is 10.5 Å². The number of ether oxygens (including phenoxy) is 1. The average Bonchev–Trinajstić information content (AvgIpc) is 2.32. The van der Waals surface area contributed by atoms with Crippen LogP contribution in [0.3, 0.4) is 0 Å². The van der Waals surface area contributed by atoms with Gasteiger partial charge in [-0.2, -0.15) is 0 Å². The summed E-state index contributed by atoms with van der Waals surface area (Å²) in [4.78, 5) is 0. The van der Waals surface area contributed by atoms with Crippen LogP contribution in [0.5, 0.6) is 11.5 Å². The molecule has 0 saturated carbocycles. The highest BCUT2D eigenvalue weighted by molar-refractivity contribution is 6.32. The molecular weight excluding hydrogens is 265 g/mol. The van der Waals surface area contributed by atoms with Gasteiger partial charge in [0, 0.05) is 12.1 Å². The third-order valence-corrected chi connectivity index (χ3v) is 2.87. The third-order valence-electron chi connectivity index (χ3n) is 2.58. The molecular formula is C15H15ClFNO. The molecule has 0 aliphatic carbocycles. The average molecular weight is 280 g/mol. The van der Waals surface area contributed by atoms with Crippen molar-refractivity contribution >= 4 is 11.6 Å². The molecule has 100 valence electrons. The molecule has 2 aromatic rings. The van der Waals surface area contributed by atoms with E-state index in [-0.39, 0.29) is 11.9 Å². The standard InChI is InChI=1S/C15H15ClFNO/c1-10(18)7-11-5-6-15(14(16)8-11)19-13-4-2-3-12(17)9-13/h2-6,8-10H,7,18H2,1H3. The molecule has 0 amide bonds. The number of halogens is 2. The van der Waals surface area contributed by atoms with Crippen LogP contribution in [0, 0.1) is 5.82 Å². The van der Waals surface area contributed by atoms with Crippen LogP contribution in [-0.4, -0.2) is 6.04 Å². The van der Waals surface area contributed by atoms with Gasteiger partial charge in [0.1, 0.15) is 17.3 Å². The molecule has 4 heteroatoms. The fourth-order valence-electron chi connectivity index (χ4n) is 1.78. The van der Waals surface area contributed by atoms with E-state index in [1.165, 1.54) is 12.1 Å². The van der Waals surface area contributed by atoms with Gasteiger partial charge in [0.25, 0.3) is 0 Å². The zero-order chi connectivity index (χ0) is 13.8. The minimum absolute atomic E-state index is 0.0751. The van der Waals surface area contributed by atoms with Crippen molar-refractivity contribution in [2.45, 2.75) is 19.4 Å². The predicted octanol–water partition coefficient (Wildman–Crippen LogP) is 4.16. The van der Waals surface area contributed by atoms with E-state index in [9.17, 15) is 4.39 Å². The molecule has 0 aliphatic rings. The molecule has 1 unspecified atom stereocenters. The minimum Gasteiger partial charge on any atom is -0.456 e. The van der Waals surface area contributed by atoms with Gasteiger partial charge in [-0.3, -0.25) is 0 Å². The Morgan fingerprint density at radius 2 is 2.05 bits per heavy atom. The first kappa shape index (κ1) is 13.8. The summed E-state index contributed by atoms with van der Waals surface area (Å²) in [5, 5.41) is 0.488. The van der Waals surface area contributed by atoms with Crippen molar-refractivity contribution in [3.05, 3.63) is 58.9 Å². The lowest BCUT2D eigenvalue weighted by atomic mass is 10.1. The normalized spacial score (nSPS) is 12.2. The Balaban J connectivity index is 2.17. The molecule has 0 aliphatic heterocycles. The summed E-state index contributed by atoms with van der Waals surface area (Å²) < 4.78 is 18.6. The van der Waals surface area contributed by atoms with Crippen molar-refractivity contribution in [1.29, 1.82) is 0 Å². The monoisotopic (exact) mass is 279 g/mol. The Hall–Kier alpha value is -1.58. The van der Waals surface area contributed by atoms with Crippen LogP contribution in [0.25, 0.3) is 0 Å². The smallest absolute Gasteiger partial charge is 0.146 e. The number of benzene rings is 2. The van der Waals surface area contributed by atoms with Gasteiger partial charge in [-0.1, -0.05) is 23.7 Å².